The van der Waals surface area contributed by atoms with E-state index in [2.05, 4.69) is 5.16 Å². The maximum atomic E-state index is 12.5. The van der Waals surface area contributed by atoms with Gasteiger partial charge in [0, 0.05) is 23.0 Å². The Morgan fingerprint density at radius 1 is 1.15 bits per heavy atom. The molecule has 0 bridgehead atoms. The molecule has 2 aromatic heterocycles. The summed E-state index contributed by atoms with van der Waals surface area (Å²) in [5, 5.41) is 4.26. The molecule has 0 unspecified atom stereocenters. The van der Waals surface area contributed by atoms with Crippen molar-refractivity contribution in [2.24, 2.45) is 0 Å². The highest BCUT2D eigenvalue weighted by atomic mass is 35.5. The van der Waals surface area contributed by atoms with E-state index in [4.69, 9.17) is 20.9 Å². The third kappa shape index (κ3) is 3.41. The van der Waals surface area contributed by atoms with Crippen molar-refractivity contribution in [2.45, 2.75) is 20.8 Å². The fourth-order valence-corrected chi connectivity index (χ4v) is 2.98. The fraction of sp³-hybridized carbons (Fsp3) is 0.211. The minimum absolute atomic E-state index is 0.227. The van der Waals surface area contributed by atoms with E-state index in [9.17, 15) is 9.59 Å². The van der Waals surface area contributed by atoms with Gasteiger partial charge in [0.05, 0.1) is 10.6 Å². The van der Waals surface area contributed by atoms with Gasteiger partial charge in [-0.1, -0.05) is 28.9 Å². The molecule has 0 fully saturated rings. The first-order valence-electron chi connectivity index (χ1n) is 7.96. The van der Waals surface area contributed by atoms with Crippen LogP contribution in [0.2, 0.25) is 5.02 Å². The van der Waals surface area contributed by atoms with Crippen LogP contribution in [-0.2, 0) is 4.74 Å². The summed E-state index contributed by atoms with van der Waals surface area (Å²) in [6.45, 7) is 5.10. The van der Waals surface area contributed by atoms with Gasteiger partial charge in [-0.25, -0.2) is 4.79 Å². The average molecular weight is 373 g/mol. The third-order valence-corrected chi connectivity index (χ3v) is 4.33. The Labute approximate surface area is 155 Å². The van der Waals surface area contributed by atoms with Gasteiger partial charge in [0.15, 0.2) is 12.4 Å². The zero-order valence-corrected chi connectivity index (χ0v) is 15.3. The molecule has 0 spiro atoms. The van der Waals surface area contributed by atoms with Gasteiger partial charge in [-0.2, -0.15) is 0 Å². The maximum absolute atomic E-state index is 12.5. The fourth-order valence-electron chi connectivity index (χ4n) is 2.77. The van der Waals surface area contributed by atoms with E-state index >= 15 is 0 Å². The minimum Gasteiger partial charge on any atom is -0.454 e. The highest BCUT2D eigenvalue weighted by Crippen LogP contribution is 2.22. The van der Waals surface area contributed by atoms with Gasteiger partial charge in [0.1, 0.15) is 5.76 Å². The summed E-state index contributed by atoms with van der Waals surface area (Å²) >= 11 is 5.97. The molecule has 0 N–H and O–H groups in total. The molecule has 0 aliphatic heterocycles. The second-order valence-electron chi connectivity index (χ2n) is 5.90. The van der Waals surface area contributed by atoms with E-state index < -0.39 is 5.97 Å². The van der Waals surface area contributed by atoms with Crippen molar-refractivity contribution in [3.05, 3.63) is 69.7 Å². The van der Waals surface area contributed by atoms with Crippen molar-refractivity contribution in [2.75, 3.05) is 6.61 Å². The van der Waals surface area contributed by atoms with Gasteiger partial charge in [0.25, 0.3) is 0 Å². The van der Waals surface area contributed by atoms with Crippen LogP contribution in [0.5, 0.6) is 0 Å². The number of hydrogen-bond donors (Lipinski definition) is 0. The number of rotatable bonds is 5. The van der Waals surface area contributed by atoms with Gasteiger partial charge >= 0.3 is 5.97 Å². The summed E-state index contributed by atoms with van der Waals surface area (Å²) < 4.78 is 12.0. The number of benzene rings is 1. The number of carbonyl (C=O) groups excluding carboxylic acids is 2. The zero-order chi connectivity index (χ0) is 18.8. The van der Waals surface area contributed by atoms with Crippen LogP contribution < -0.4 is 0 Å². The predicted molar refractivity (Wildman–Crippen MR) is 96.1 cm³/mol. The predicted octanol–water partition coefficient (Wildman–Crippen LogP) is 4.08. The largest absolute Gasteiger partial charge is 0.454 e. The van der Waals surface area contributed by atoms with Crippen molar-refractivity contribution in [3.63, 3.8) is 0 Å². The molecule has 0 saturated heterocycles. The number of aromatic nitrogens is 2. The Morgan fingerprint density at radius 2 is 1.88 bits per heavy atom. The number of Topliss-reactive ketones (excluding diaryl/α,β-unsaturated/α-hetero) is 1. The van der Waals surface area contributed by atoms with Crippen LogP contribution in [-0.4, -0.2) is 28.1 Å². The van der Waals surface area contributed by atoms with E-state index in [1.165, 1.54) is 0 Å². The molecule has 0 amide bonds. The third-order valence-electron chi connectivity index (χ3n) is 4.00. The molecule has 134 valence electrons. The summed E-state index contributed by atoms with van der Waals surface area (Å²) in [7, 11) is 0. The standard InChI is InChI=1S/C19H17ClN2O4/c1-11-8-15(13(3)22(11)18-9-12(2)26-21-18)17(23)10-25-19(24)14-6-4-5-7-16(14)20/h4-9H,10H2,1-3H3. The number of halogens is 1. The zero-order valence-electron chi connectivity index (χ0n) is 14.6. The quantitative estimate of drug-likeness (QED) is 0.498. The van der Waals surface area contributed by atoms with Crippen LogP contribution in [0.15, 0.2) is 40.9 Å². The summed E-state index contributed by atoms with van der Waals surface area (Å²) in [6.07, 6.45) is 0. The number of esters is 1. The van der Waals surface area contributed by atoms with Gasteiger partial charge in [-0.15, -0.1) is 0 Å². The molecule has 0 aliphatic carbocycles. The summed E-state index contributed by atoms with van der Waals surface area (Å²) in [5.41, 5.74) is 2.23. The van der Waals surface area contributed by atoms with Gasteiger partial charge in [-0.3, -0.25) is 9.36 Å². The SMILES string of the molecule is Cc1cc(-n2c(C)cc(C(=O)COC(=O)c3ccccc3Cl)c2C)no1. The lowest BCUT2D eigenvalue weighted by Crippen LogP contribution is -2.15. The molecule has 26 heavy (non-hydrogen) atoms. The number of aryl methyl sites for hydroxylation is 2. The lowest BCUT2D eigenvalue weighted by atomic mass is 10.1. The lowest BCUT2D eigenvalue weighted by Gasteiger charge is -2.07. The monoisotopic (exact) mass is 372 g/mol. The smallest absolute Gasteiger partial charge is 0.340 e. The number of ketones is 1. The van der Waals surface area contributed by atoms with Crippen LogP contribution in [0, 0.1) is 20.8 Å². The van der Waals surface area contributed by atoms with E-state index in [-0.39, 0.29) is 23.0 Å². The van der Waals surface area contributed by atoms with Crippen molar-refractivity contribution >= 4 is 23.4 Å². The second-order valence-corrected chi connectivity index (χ2v) is 6.30. The number of nitrogens with zero attached hydrogens (tertiary/aromatic N) is 2. The van der Waals surface area contributed by atoms with E-state index in [0.717, 1.165) is 5.69 Å². The van der Waals surface area contributed by atoms with Crippen molar-refractivity contribution in [3.8, 4) is 5.82 Å². The molecule has 0 saturated carbocycles. The molecule has 3 aromatic rings. The number of ether oxygens (including phenoxy) is 1. The Balaban J connectivity index is 1.77. The van der Waals surface area contributed by atoms with Gasteiger partial charge < -0.3 is 9.26 Å². The van der Waals surface area contributed by atoms with E-state index in [1.54, 1.807) is 50.2 Å². The van der Waals surface area contributed by atoms with Crippen LogP contribution >= 0.6 is 11.6 Å². The Kier molecular flexibility index (Phi) is 4.95. The van der Waals surface area contributed by atoms with Crippen molar-refractivity contribution in [1.82, 2.24) is 9.72 Å². The molecule has 0 atom stereocenters. The van der Waals surface area contributed by atoms with Crippen LogP contribution in [0.1, 0.15) is 37.9 Å². The maximum Gasteiger partial charge on any atom is 0.340 e. The first-order chi connectivity index (χ1) is 12.4. The van der Waals surface area contributed by atoms with Crippen molar-refractivity contribution < 1.29 is 18.8 Å². The molecule has 2 heterocycles. The highest BCUT2D eigenvalue weighted by Gasteiger charge is 2.20. The second kappa shape index (κ2) is 7.17. The molecule has 3 rings (SSSR count). The van der Waals surface area contributed by atoms with E-state index in [0.29, 0.717) is 22.8 Å². The van der Waals surface area contributed by atoms with Gasteiger partial charge in [-0.05, 0) is 39.0 Å². The molecular weight excluding hydrogens is 356 g/mol. The average Bonchev–Trinajstić information content (AvgIpc) is 3.15. The Morgan fingerprint density at radius 3 is 2.54 bits per heavy atom. The Bertz CT molecular complexity index is 987. The molecule has 0 aliphatic rings. The molecule has 0 radical (unpaired) electrons. The Hall–Kier alpha value is -2.86. The minimum atomic E-state index is -0.634. The first kappa shape index (κ1) is 17.9. The van der Waals surface area contributed by atoms with Crippen LogP contribution in [0.4, 0.5) is 0 Å². The molecule has 1 aromatic carbocycles. The van der Waals surface area contributed by atoms with Crippen LogP contribution in [0.25, 0.3) is 5.82 Å². The van der Waals surface area contributed by atoms with Crippen molar-refractivity contribution in [1.29, 1.82) is 0 Å². The normalized spacial score (nSPS) is 10.8. The molecule has 6 nitrogen and oxygen atoms in total. The highest BCUT2D eigenvalue weighted by molar-refractivity contribution is 6.33. The summed E-state index contributed by atoms with van der Waals surface area (Å²) in [6, 6.07) is 10.1. The summed E-state index contributed by atoms with van der Waals surface area (Å²) in [4.78, 5) is 24.6. The first-order valence-corrected chi connectivity index (χ1v) is 8.33. The topological polar surface area (TPSA) is 74.3 Å². The van der Waals surface area contributed by atoms with Gasteiger partial charge in [0.2, 0.25) is 5.78 Å². The summed E-state index contributed by atoms with van der Waals surface area (Å²) in [5.74, 6) is 0.341. The molecule has 7 heteroatoms. The number of carbonyl (C=O) groups is 2. The molecular formula is C19H17ClN2O4. The number of hydrogen-bond acceptors (Lipinski definition) is 5. The van der Waals surface area contributed by atoms with E-state index in [1.807, 2.05) is 11.5 Å². The van der Waals surface area contributed by atoms with Crippen LogP contribution in [0.3, 0.4) is 0 Å². The lowest BCUT2D eigenvalue weighted by molar-refractivity contribution is 0.0474.